The number of halogens is 2. The topological polar surface area (TPSA) is 189 Å². The number of nitrogens with one attached hydrogen (secondary N) is 1. The second-order valence-corrected chi connectivity index (χ2v) is 9.84. The molecule has 0 saturated carbocycles. The van der Waals surface area contributed by atoms with Gasteiger partial charge in [0.25, 0.3) is 5.60 Å². The summed E-state index contributed by atoms with van der Waals surface area (Å²) in [4.78, 5) is 36.9. The molecule has 2 heterocycles. The number of rotatable bonds is 15. The Hall–Kier alpha value is -4.65. The molecule has 0 amide bonds. The maximum Gasteiger partial charge on any atom is 0.348 e. The van der Waals surface area contributed by atoms with Gasteiger partial charge in [-0.2, -0.15) is 9.97 Å². The van der Waals surface area contributed by atoms with Gasteiger partial charge in [-0.25, -0.2) is 19.0 Å². The number of imidazole rings is 1. The highest BCUT2D eigenvalue weighted by molar-refractivity contribution is 6.28. The lowest BCUT2D eigenvalue weighted by Crippen LogP contribution is -2.52. The number of aliphatic hydroxyl groups is 2. The zero-order valence-corrected chi connectivity index (χ0v) is 23.6. The molecule has 0 bridgehead atoms. The number of hydrogen-bond acceptors (Lipinski definition) is 10. The van der Waals surface area contributed by atoms with Crippen LogP contribution in [0.15, 0.2) is 60.9 Å². The number of benzene rings is 2. The Kier molecular flexibility index (Phi) is 10.4. The van der Waals surface area contributed by atoms with Crippen molar-refractivity contribution in [3.8, 4) is 12.3 Å². The molecule has 0 fully saturated rings. The first-order valence-corrected chi connectivity index (χ1v) is 13.4. The summed E-state index contributed by atoms with van der Waals surface area (Å²) in [5.74, 6) is -1.60. The Morgan fingerprint density at radius 1 is 1.09 bits per heavy atom. The molecule has 0 radical (unpaired) electrons. The number of ether oxygens (including phenoxy) is 2. The Bertz CT molecular complexity index is 1630. The summed E-state index contributed by atoms with van der Waals surface area (Å²) >= 11 is 6.16. The molecule has 0 aliphatic carbocycles. The van der Waals surface area contributed by atoms with Gasteiger partial charge in [-0.1, -0.05) is 48.4 Å². The third-order valence-electron chi connectivity index (χ3n) is 6.52. The van der Waals surface area contributed by atoms with E-state index in [1.54, 1.807) is 42.5 Å². The summed E-state index contributed by atoms with van der Waals surface area (Å²) < 4.78 is 25.8. The third kappa shape index (κ3) is 7.28. The first-order valence-electron chi connectivity index (χ1n) is 13.0. The van der Waals surface area contributed by atoms with Crippen molar-refractivity contribution in [2.75, 3.05) is 18.5 Å². The van der Waals surface area contributed by atoms with Gasteiger partial charge in [0.15, 0.2) is 29.3 Å². The van der Waals surface area contributed by atoms with Crippen LogP contribution in [0.2, 0.25) is 5.28 Å². The normalized spacial score (nSPS) is 13.6. The van der Waals surface area contributed by atoms with Crippen LogP contribution in [0, 0.1) is 18.2 Å². The van der Waals surface area contributed by atoms with E-state index in [-0.39, 0.29) is 28.8 Å². The molecule has 230 valence electrons. The van der Waals surface area contributed by atoms with Crippen LogP contribution in [0.3, 0.4) is 0 Å². The number of carbonyl (C=O) groups is 2. The van der Waals surface area contributed by atoms with Gasteiger partial charge >= 0.3 is 11.9 Å². The minimum Gasteiger partial charge on any atom is -0.479 e. The summed E-state index contributed by atoms with van der Waals surface area (Å²) in [6, 6.07) is 13.8. The average molecular weight is 628 g/mol. The molecule has 4 rings (SSSR count). The van der Waals surface area contributed by atoms with Gasteiger partial charge in [-0.15, -0.1) is 6.42 Å². The molecular weight excluding hydrogens is 601 g/mol. The molecule has 0 saturated heterocycles. The lowest BCUT2D eigenvalue weighted by molar-refractivity contribution is -0.195. The van der Waals surface area contributed by atoms with E-state index in [1.807, 2.05) is 0 Å². The SMILES string of the molecule is C#C[C@@H](O)[C@@H](O[C@@H](CO)COC(Cc1ccccc1)(C(=O)O)C(=O)O)n1cnc2c(NCc3ccc(F)cc3)nc(Cl)nc21. The lowest BCUT2D eigenvalue weighted by Gasteiger charge is -2.30. The van der Waals surface area contributed by atoms with Crippen LogP contribution >= 0.6 is 11.6 Å². The van der Waals surface area contributed by atoms with Crippen molar-refractivity contribution in [3.05, 3.63) is 83.2 Å². The molecule has 2 aromatic heterocycles. The molecular formula is C29H27ClFN5O8. The Labute approximate surface area is 254 Å². The van der Waals surface area contributed by atoms with Crippen molar-refractivity contribution in [1.82, 2.24) is 19.5 Å². The van der Waals surface area contributed by atoms with E-state index < -0.39 is 61.4 Å². The summed E-state index contributed by atoms with van der Waals surface area (Å²) in [5, 5.41) is 43.3. The molecule has 0 unspecified atom stereocenters. The van der Waals surface area contributed by atoms with Crippen molar-refractivity contribution in [3.63, 3.8) is 0 Å². The van der Waals surface area contributed by atoms with Crippen molar-refractivity contribution >= 4 is 40.5 Å². The van der Waals surface area contributed by atoms with Crippen molar-refractivity contribution in [2.24, 2.45) is 0 Å². The molecule has 13 nitrogen and oxygen atoms in total. The molecule has 5 N–H and O–H groups in total. The maximum absolute atomic E-state index is 13.3. The van der Waals surface area contributed by atoms with E-state index in [4.69, 9.17) is 27.5 Å². The summed E-state index contributed by atoms with van der Waals surface area (Å²) in [6.45, 7) is -1.27. The Balaban J connectivity index is 1.59. The first-order chi connectivity index (χ1) is 21.1. The zero-order valence-electron chi connectivity index (χ0n) is 22.9. The number of carboxylic acids is 2. The molecule has 15 heteroatoms. The highest BCUT2D eigenvalue weighted by atomic mass is 35.5. The molecule has 44 heavy (non-hydrogen) atoms. The molecule has 4 aromatic rings. The monoisotopic (exact) mass is 627 g/mol. The van der Waals surface area contributed by atoms with Crippen LogP contribution in [0.4, 0.5) is 10.2 Å². The zero-order chi connectivity index (χ0) is 31.9. The van der Waals surface area contributed by atoms with Crippen LogP contribution in [-0.2, 0) is 32.0 Å². The lowest BCUT2D eigenvalue weighted by atomic mass is 9.94. The molecule has 0 aliphatic heterocycles. The number of nitrogens with zero attached hydrogens (tertiary/aromatic N) is 4. The third-order valence-corrected chi connectivity index (χ3v) is 6.69. The maximum atomic E-state index is 13.3. The quantitative estimate of drug-likeness (QED) is 0.0735. The first kappa shape index (κ1) is 32.3. The predicted molar refractivity (Wildman–Crippen MR) is 154 cm³/mol. The molecule has 0 aliphatic rings. The van der Waals surface area contributed by atoms with Crippen molar-refractivity contribution < 1.29 is 43.9 Å². The predicted octanol–water partition coefficient (Wildman–Crippen LogP) is 2.27. The van der Waals surface area contributed by atoms with E-state index in [9.17, 15) is 34.4 Å². The van der Waals surface area contributed by atoms with Crippen LogP contribution < -0.4 is 5.32 Å². The van der Waals surface area contributed by atoms with E-state index in [0.29, 0.717) is 5.56 Å². The number of aromatic nitrogens is 4. The number of terminal acetylenes is 1. The number of fused-ring (bicyclic) bond motifs is 1. The van der Waals surface area contributed by atoms with Gasteiger partial charge in [0.1, 0.15) is 11.9 Å². The van der Waals surface area contributed by atoms with Crippen LogP contribution in [0.25, 0.3) is 11.2 Å². The van der Waals surface area contributed by atoms with Gasteiger partial charge in [-0.3, -0.25) is 4.57 Å². The Morgan fingerprint density at radius 2 is 1.77 bits per heavy atom. The fourth-order valence-corrected chi connectivity index (χ4v) is 4.39. The fraction of sp³-hybridized carbons (Fsp3) is 0.276. The number of hydrogen-bond donors (Lipinski definition) is 5. The number of aliphatic carboxylic acids is 2. The fourth-order valence-electron chi connectivity index (χ4n) is 4.23. The van der Waals surface area contributed by atoms with Crippen LogP contribution in [0.1, 0.15) is 17.4 Å². The minimum atomic E-state index is -2.72. The van der Waals surface area contributed by atoms with Crippen LogP contribution in [0.5, 0.6) is 0 Å². The second kappa shape index (κ2) is 14.2. The van der Waals surface area contributed by atoms with Crippen molar-refractivity contribution in [1.29, 1.82) is 0 Å². The van der Waals surface area contributed by atoms with E-state index >= 15 is 0 Å². The molecule has 0 spiro atoms. The van der Waals surface area contributed by atoms with Crippen LogP contribution in [-0.4, -0.2) is 82.9 Å². The summed E-state index contributed by atoms with van der Waals surface area (Å²) in [6.07, 6.45) is 1.68. The largest absolute Gasteiger partial charge is 0.479 e. The molecule has 3 atom stereocenters. The highest BCUT2D eigenvalue weighted by Crippen LogP contribution is 2.28. The van der Waals surface area contributed by atoms with E-state index in [1.165, 1.54) is 23.0 Å². The molecule has 2 aromatic carbocycles. The highest BCUT2D eigenvalue weighted by Gasteiger charge is 2.49. The van der Waals surface area contributed by atoms with Gasteiger partial charge in [0, 0.05) is 13.0 Å². The van der Waals surface area contributed by atoms with Gasteiger partial charge in [0.2, 0.25) is 5.28 Å². The summed E-state index contributed by atoms with van der Waals surface area (Å²) in [7, 11) is 0. The van der Waals surface area contributed by atoms with Gasteiger partial charge < -0.3 is 35.2 Å². The average Bonchev–Trinajstić information content (AvgIpc) is 3.43. The van der Waals surface area contributed by atoms with Gasteiger partial charge in [-0.05, 0) is 34.9 Å². The van der Waals surface area contributed by atoms with E-state index in [2.05, 4.69) is 26.2 Å². The van der Waals surface area contributed by atoms with Gasteiger partial charge in [0.05, 0.1) is 19.5 Å². The van der Waals surface area contributed by atoms with E-state index in [0.717, 1.165) is 5.56 Å². The smallest absolute Gasteiger partial charge is 0.348 e. The number of anilines is 1. The second-order valence-electron chi connectivity index (χ2n) is 9.50. The standard InChI is InChI=1S/C29H27ClFN5O8/c1-2-21(38)25(44-20(14-37)15-43-29(26(39)40,27(41)42)12-17-6-4-3-5-7-17)36-16-33-22-23(34-28(30)35-24(22)36)32-13-18-8-10-19(31)11-9-18/h1,3-11,16,20-21,25,37-38H,12-15H2,(H,39,40)(H,41,42)(H,32,34,35)/t20-,21+,25+/m0/s1. The Morgan fingerprint density at radius 3 is 2.39 bits per heavy atom. The number of aliphatic hydroxyl groups excluding tert-OH is 2. The number of carboxylic acid groups (broad SMARTS) is 2. The van der Waals surface area contributed by atoms with Crippen molar-refractivity contribution in [2.45, 2.75) is 37.0 Å². The minimum absolute atomic E-state index is 0.0676. The summed E-state index contributed by atoms with van der Waals surface area (Å²) in [5.41, 5.74) is -1.34.